The second-order valence-corrected chi connectivity index (χ2v) is 5.87. The molecule has 1 aromatic heterocycles. The van der Waals surface area contributed by atoms with E-state index in [2.05, 4.69) is 9.72 Å². The van der Waals surface area contributed by atoms with Gasteiger partial charge in [0.1, 0.15) is 11.6 Å². The molecule has 0 aliphatic heterocycles. The maximum Gasteiger partial charge on any atom is 0.330 e. The van der Waals surface area contributed by atoms with Crippen LogP contribution >= 0.6 is 11.3 Å². The monoisotopic (exact) mass is 285 g/mol. The highest BCUT2D eigenvalue weighted by Gasteiger charge is 2.41. The van der Waals surface area contributed by atoms with Gasteiger partial charge in [-0.05, 0) is 0 Å². The van der Waals surface area contributed by atoms with Gasteiger partial charge in [0.05, 0.1) is 12.3 Å². The minimum absolute atomic E-state index is 0.137. The van der Waals surface area contributed by atoms with Crippen LogP contribution in [0.2, 0.25) is 0 Å². The van der Waals surface area contributed by atoms with Crippen LogP contribution < -0.4 is 0 Å². The summed E-state index contributed by atoms with van der Waals surface area (Å²) in [7, 11) is 0. The van der Waals surface area contributed by atoms with E-state index in [9.17, 15) is 17.6 Å². The molecule has 18 heavy (non-hydrogen) atoms. The number of halogens is 4. The van der Waals surface area contributed by atoms with Gasteiger partial charge in [-0.1, -0.05) is 20.8 Å². The molecule has 1 rings (SSSR count). The molecule has 0 saturated carbocycles. The minimum Gasteiger partial charge on any atom is -0.368 e. The van der Waals surface area contributed by atoms with Gasteiger partial charge in [-0.15, -0.1) is 11.3 Å². The van der Waals surface area contributed by atoms with Crippen LogP contribution in [0.15, 0.2) is 5.38 Å². The first kappa shape index (κ1) is 15.4. The van der Waals surface area contributed by atoms with Gasteiger partial charge in [0.25, 0.3) is 0 Å². The van der Waals surface area contributed by atoms with Crippen LogP contribution in [0.5, 0.6) is 0 Å². The first-order valence-electron chi connectivity index (χ1n) is 5.31. The van der Waals surface area contributed by atoms with E-state index in [-0.39, 0.29) is 12.0 Å². The number of nitrogens with zero attached hydrogens (tertiary/aromatic N) is 1. The number of thiazole rings is 1. The molecule has 0 saturated heterocycles. The Balaban J connectivity index is 2.48. The van der Waals surface area contributed by atoms with Gasteiger partial charge >= 0.3 is 12.3 Å². The standard InChI is InChI=1S/C11H15F4NOS/c1-10(2,3)7-5-18-8(16-7)4-17-6-11(14,15)9(12)13/h5,9H,4,6H2,1-3H3. The average Bonchev–Trinajstić information content (AvgIpc) is 2.65. The number of hydrogen-bond acceptors (Lipinski definition) is 3. The summed E-state index contributed by atoms with van der Waals surface area (Å²) in [5, 5.41) is 2.31. The maximum absolute atomic E-state index is 12.6. The number of rotatable bonds is 5. The third-order valence-electron chi connectivity index (χ3n) is 2.16. The summed E-state index contributed by atoms with van der Waals surface area (Å²) >= 11 is 1.27. The first-order chi connectivity index (χ1) is 8.13. The van der Waals surface area contributed by atoms with Gasteiger partial charge in [-0.2, -0.15) is 8.78 Å². The van der Waals surface area contributed by atoms with Crippen molar-refractivity contribution >= 4 is 11.3 Å². The molecule has 0 bridgehead atoms. The minimum atomic E-state index is -4.11. The summed E-state index contributed by atoms with van der Waals surface area (Å²) < 4.78 is 53.4. The van der Waals surface area contributed by atoms with Crippen molar-refractivity contribution in [2.24, 2.45) is 0 Å². The Morgan fingerprint density at radius 2 is 1.94 bits per heavy atom. The summed E-state index contributed by atoms with van der Waals surface area (Å²) in [4.78, 5) is 4.21. The summed E-state index contributed by atoms with van der Waals surface area (Å²) in [5.41, 5.74) is 0.688. The number of ether oxygens (including phenoxy) is 1. The molecule has 0 N–H and O–H groups in total. The first-order valence-corrected chi connectivity index (χ1v) is 6.19. The van der Waals surface area contributed by atoms with Crippen LogP contribution in [0.25, 0.3) is 0 Å². The van der Waals surface area contributed by atoms with E-state index in [1.54, 1.807) is 0 Å². The smallest absolute Gasteiger partial charge is 0.330 e. The van der Waals surface area contributed by atoms with Gasteiger partial charge in [0.15, 0.2) is 0 Å². The van der Waals surface area contributed by atoms with Crippen LogP contribution in [-0.4, -0.2) is 23.9 Å². The van der Waals surface area contributed by atoms with Crippen LogP contribution in [-0.2, 0) is 16.8 Å². The average molecular weight is 285 g/mol. The molecule has 0 radical (unpaired) electrons. The van der Waals surface area contributed by atoms with Crippen molar-refractivity contribution in [3.05, 3.63) is 16.1 Å². The van der Waals surface area contributed by atoms with Crippen LogP contribution in [0.1, 0.15) is 31.5 Å². The third-order valence-corrected chi connectivity index (χ3v) is 2.98. The van der Waals surface area contributed by atoms with Crippen molar-refractivity contribution in [1.82, 2.24) is 4.98 Å². The van der Waals surface area contributed by atoms with E-state index >= 15 is 0 Å². The Labute approximate surface area is 107 Å². The third kappa shape index (κ3) is 4.20. The van der Waals surface area contributed by atoms with Gasteiger partial charge in [0, 0.05) is 10.8 Å². The van der Waals surface area contributed by atoms with Crippen molar-refractivity contribution in [3.63, 3.8) is 0 Å². The van der Waals surface area contributed by atoms with E-state index in [1.807, 2.05) is 26.2 Å². The molecule has 0 fully saturated rings. The van der Waals surface area contributed by atoms with Crippen molar-refractivity contribution in [2.45, 2.75) is 45.1 Å². The van der Waals surface area contributed by atoms with E-state index in [0.29, 0.717) is 5.01 Å². The SMILES string of the molecule is CC(C)(C)c1csc(COCC(F)(F)C(F)F)n1. The molecule has 0 spiro atoms. The van der Waals surface area contributed by atoms with Gasteiger partial charge in [-0.3, -0.25) is 0 Å². The Hall–Kier alpha value is -0.690. The molecule has 7 heteroatoms. The van der Waals surface area contributed by atoms with E-state index in [0.717, 1.165) is 5.69 Å². The predicted molar refractivity (Wildman–Crippen MR) is 61.4 cm³/mol. The lowest BCUT2D eigenvalue weighted by atomic mass is 9.93. The molecule has 104 valence electrons. The Bertz CT molecular complexity index is 387. The Morgan fingerprint density at radius 3 is 2.39 bits per heavy atom. The molecule has 0 unspecified atom stereocenters. The second kappa shape index (κ2) is 5.52. The van der Waals surface area contributed by atoms with Crippen LogP contribution in [0, 0.1) is 0 Å². The molecule has 0 amide bonds. The van der Waals surface area contributed by atoms with Crippen molar-refractivity contribution in [1.29, 1.82) is 0 Å². The fraction of sp³-hybridized carbons (Fsp3) is 0.727. The zero-order chi connectivity index (χ0) is 14.0. The molecule has 0 atom stereocenters. The lowest BCUT2D eigenvalue weighted by molar-refractivity contribution is -0.168. The summed E-state index contributed by atoms with van der Waals surface area (Å²) in [6, 6.07) is 0. The van der Waals surface area contributed by atoms with E-state index in [4.69, 9.17) is 0 Å². The Kier molecular flexibility index (Phi) is 4.72. The summed E-state index contributed by atoms with van der Waals surface area (Å²) in [6.07, 6.45) is -3.71. The molecule has 1 heterocycles. The normalized spacial score (nSPS) is 13.3. The topological polar surface area (TPSA) is 22.1 Å². The molecule has 0 aromatic carbocycles. The van der Waals surface area contributed by atoms with E-state index in [1.165, 1.54) is 11.3 Å². The van der Waals surface area contributed by atoms with E-state index < -0.39 is 19.0 Å². The quantitative estimate of drug-likeness (QED) is 0.766. The summed E-state index contributed by atoms with van der Waals surface area (Å²) in [5.74, 6) is -4.11. The Morgan fingerprint density at radius 1 is 1.33 bits per heavy atom. The lowest BCUT2D eigenvalue weighted by Crippen LogP contribution is -2.32. The van der Waals surface area contributed by atoms with Gasteiger partial charge in [-0.25, -0.2) is 13.8 Å². The highest BCUT2D eigenvalue weighted by Crippen LogP contribution is 2.26. The van der Waals surface area contributed by atoms with Crippen LogP contribution in [0.4, 0.5) is 17.6 Å². The zero-order valence-corrected chi connectivity index (χ0v) is 11.2. The molecule has 1 aromatic rings. The number of aromatic nitrogens is 1. The highest BCUT2D eigenvalue weighted by molar-refractivity contribution is 7.09. The molecular weight excluding hydrogens is 270 g/mol. The summed E-state index contributed by atoms with van der Waals surface area (Å²) in [6.45, 7) is 4.44. The number of hydrogen-bond donors (Lipinski definition) is 0. The van der Waals surface area contributed by atoms with Crippen molar-refractivity contribution < 1.29 is 22.3 Å². The number of alkyl halides is 4. The second-order valence-electron chi connectivity index (χ2n) is 4.93. The molecule has 0 aliphatic carbocycles. The predicted octanol–water partition coefficient (Wildman–Crippen LogP) is 3.86. The molecular formula is C11H15F4NOS. The fourth-order valence-corrected chi connectivity index (χ4v) is 2.02. The zero-order valence-electron chi connectivity index (χ0n) is 10.3. The molecule has 0 aliphatic rings. The fourth-order valence-electron chi connectivity index (χ4n) is 1.06. The van der Waals surface area contributed by atoms with Crippen molar-refractivity contribution in [2.75, 3.05) is 6.61 Å². The van der Waals surface area contributed by atoms with Gasteiger partial charge < -0.3 is 4.74 Å². The van der Waals surface area contributed by atoms with Crippen molar-refractivity contribution in [3.8, 4) is 0 Å². The molecule has 2 nitrogen and oxygen atoms in total. The maximum atomic E-state index is 12.6. The van der Waals surface area contributed by atoms with Crippen LogP contribution in [0.3, 0.4) is 0 Å². The largest absolute Gasteiger partial charge is 0.368 e. The lowest BCUT2D eigenvalue weighted by Gasteiger charge is -2.15. The highest BCUT2D eigenvalue weighted by atomic mass is 32.1. The van der Waals surface area contributed by atoms with Gasteiger partial charge in [0.2, 0.25) is 0 Å².